The highest BCUT2D eigenvalue weighted by Gasteiger charge is 2.72. The molecule has 0 aromatic carbocycles. The molecule has 0 aromatic rings. The Morgan fingerprint density at radius 3 is 1.67 bits per heavy atom. The predicted molar refractivity (Wildman–Crippen MR) is 64.6 cm³/mol. The van der Waals surface area contributed by atoms with Gasteiger partial charge in [0.1, 0.15) is 11.2 Å². The molecule has 100 valence electrons. The minimum Gasteiger partial charge on any atom is -0.365 e. The monoisotopic (exact) mass is 272 g/mol. The average Bonchev–Trinajstić information content (AvgIpc) is 3.19. The Labute approximate surface area is 106 Å². The summed E-state index contributed by atoms with van der Waals surface area (Å²) in [4.78, 5) is 0. The molecule has 4 unspecified atom stereocenters. The van der Waals surface area contributed by atoms with E-state index in [1.807, 2.05) is 0 Å². The second-order valence-corrected chi connectivity index (χ2v) is 7.12. The van der Waals surface area contributed by atoms with Gasteiger partial charge in [0, 0.05) is 0 Å². The van der Waals surface area contributed by atoms with E-state index in [1.165, 1.54) is 0 Å². The van der Waals surface area contributed by atoms with Crippen LogP contribution in [0.4, 0.5) is 0 Å². The van der Waals surface area contributed by atoms with E-state index in [9.17, 15) is 8.42 Å². The minimum atomic E-state index is -3.37. The lowest BCUT2D eigenvalue weighted by Crippen LogP contribution is -2.61. The van der Waals surface area contributed by atoms with E-state index in [2.05, 4.69) is 13.2 Å². The molecule has 0 N–H and O–H groups in total. The van der Waals surface area contributed by atoms with Crippen molar-refractivity contribution >= 4 is 9.84 Å². The van der Waals surface area contributed by atoms with Crippen LogP contribution in [-0.2, 0) is 24.0 Å². The lowest BCUT2D eigenvalue weighted by Gasteiger charge is -2.41. The second kappa shape index (κ2) is 3.66. The van der Waals surface area contributed by atoms with Crippen molar-refractivity contribution in [2.24, 2.45) is 0 Å². The molecule has 0 spiro atoms. The molecule has 0 saturated carbocycles. The molecule has 18 heavy (non-hydrogen) atoms. The summed E-state index contributed by atoms with van der Waals surface area (Å²) in [5, 5.41) is 0. The third kappa shape index (κ3) is 1.53. The summed E-state index contributed by atoms with van der Waals surface area (Å²) in [6, 6.07) is 0. The molecular formula is C12H16O5S. The number of hydrogen-bond acceptors (Lipinski definition) is 5. The van der Waals surface area contributed by atoms with Gasteiger partial charge in [-0.05, 0) is 12.8 Å². The van der Waals surface area contributed by atoms with Crippen LogP contribution < -0.4 is 0 Å². The Bertz CT molecular complexity index is 449. The van der Waals surface area contributed by atoms with Gasteiger partial charge in [0.2, 0.25) is 9.84 Å². The van der Waals surface area contributed by atoms with Gasteiger partial charge in [0.05, 0.1) is 13.2 Å². The van der Waals surface area contributed by atoms with Crippen LogP contribution in [0.3, 0.4) is 0 Å². The summed E-state index contributed by atoms with van der Waals surface area (Å²) in [6.45, 7) is 8.05. The zero-order valence-electron chi connectivity index (χ0n) is 10.0. The van der Waals surface area contributed by atoms with E-state index in [-0.39, 0.29) is 0 Å². The summed E-state index contributed by atoms with van der Waals surface area (Å²) in [7, 11) is -3.37. The van der Waals surface area contributed by atoms with Crippen molar-refractivity contribution in [3.05, 3.63) is 25.3 Å². The first kappa shape index (κ1) is 12.3. The molecule has 0 radical (unpaired) electrons. The Morgan fingerprint density at radius 2 is 1.44 bits per heavy atom. The molecule has 3 aliphatic heterocycles. The van der Waals surface area contributed by atoms with Gasteiger partial charge >= 0.3 is 0 Å². The zero-order chi connectivity index (χ0) is 13.0. The van der Waals surface area contributed by atoms with Crippen LogP contribution in [0, 0.1) is 0 Å². The summed E-state index contributed by atoms with van der Waals surface area (Å²) in [5.41, 5.74) is -3.17. The number of rotatable bonds is 6. The minimum absolute atomic E-state index is 0.408. The average molecular weight is 272 g/mol. The first-order valence-electron chi connectivity index (χ1n) is 5.89. The standard InChI is InChI=1S/C12H16O5S/c1-3-5-11(7-15-11)9-17-10(18(9,13)14)12(6-4-2)8-16-12/h3-4,9-10H,1-2,5-8H2. The van der Waals surface area contributed by atoms with E-state index in [4.69, 9.17) is 14.2 Å². The van der Waals surface area contributed by atoms with Crippen LogP contribution in [0.25, 0.3) is 0 Å². The Morgan fingerprint density at radius 1 is 1.06 bits per heavy atom. The maximum Gasteiger partial charge on any atom is 0.210 e. The van der Waals surface area contributed by atoms with Crippen LogP contribution in [0.2, 0.25) is 0 Å². The molecule has 6 heteroatoms. The molecule has 4 atom stereocenters. The number of ether oxygens (including phenoxy) is 3. The zero-order valence-corrected chi connectivity index (χ0v) is 10.8. The molecule has 3 aliphatic rings. The fraction of sp³-hybridized carbons (Fsp3) is 0.667. The molecule has 0 bridgehead atoms. The lowest BCUT2D eigenvalue weighted by atomic mass is 10.1. The van der Waals surface area contributed by atoms with Crippen LogP contribution >= 0.6 is 0 Å². The SMILES string of the molecule is C=CCC1(C2OC(C3(CC=C)CO3)S2(=O)=O)CO1. The fourth-order valence-electron chi connectivity index (χ4n) is 2.55. The normalized spacial score (nSPS) is 48.0. The first-order valence-corrected chi connectivity index (χ1v) is 7.50. The van der Waals surface area contributed by atoms with E-state index < -0.39 is 31.9 Å². The largest absolute Gasteiger partial charge is 0.365 e. The molecule has 3 rings (SSSR count). The molecule has 3 heterocycles. The summed E-state index contributed by atoms with van der Waals surface area (Å²) in [6.07, 6.45) is 4.29. The van der Waals surface area contributed by atoms with Gasteiger partial charge in [-0.2, -0.15) is 0 Å². The molecule has 5 nitrogen and oxygen atoms in total. The number of hydrogen-bond donors (Lipinski definition) is 0. The van der Waals surface area contributed by atoms with Crippen molar-refractivity contribution < 1.29 is 22.6 Å². The van der Waals surface area contributed by atoms with Crippen LogP contribution in [-0.4, -0.2) is 43.7 Å². The second-order valence-electron chi connectivity index (χ2n) is 5.08. The van der Waals surface area contributed by atoms with Crippen molar-refractivity contribution in [2.45, 2.75) is 34.9 Å². The van der Waals surface area contributed by atoms with E-state index in [1.54, 1.807) is 12.2 Å². The third-order valence-electron chi connectivity index (χ3n) is 3.71. The topological polar surface area (TPSA) is 68.4 Å². The molecular weight excluding hydrogens is 256 g/mol. The summed E-state index contributed by atoms with van der Waals surface area (Å²) < 4.78 is 40.8. The van der Waals surface area contributed by atoms with Gasteiger partial charge in [-0.1, -0.05) is 12.2 Å². The Hall–Kier alpha value is -0.690. The van der Waals surface area contributed by atoms with Gasteiger partial charge in [-0.3, -0.25) is 0 Å². The first-order chi connectivity index (χ1) is 8.51. The van der Waals surface area contributed by atoms with Crippen LogP contribution in [0.15, 0.2) is 25.3 Å². The summed E-state index contributed by atoms with van der Waals surface area (Å²) >= 11 is 0. The van der Waals surface area contributed by atoms with Gasteiger partial charge < -0.3 is 14.2 Å². The smallest absolute Gasteiger partial charge is 0.210 e. The predicted octanol–water partition coefficient (Wildman–Crippen LogP) is 0.774. The van der Waals surface area contributed by atoms with Crippen molar-refractivity contribution in [2.75, 3.05) is 13.2 Å². The Balaban J connectivity index is 1.77. The quantitative estimate of drug-likeness (QED) is 0.528. The summed E-state index contributed by atoms with van der Waals surface area (Å²) in [5.74, 6) is 0. The molecule has 3 fully saturated rings. The van der Waals surface area contributed by atoms with Crippen molar-refractivity contribution in [1.82, 2.24) is 0 Å². The molecule has 0 aromatic heterocycles. The molecule has 0 amide bonds. The number of sulfone groups is 1. The van der Waals surface area contributed by atoms with Gasteiger partial charge in [0.15, 0.2) is 10.9 Å². The molecule has 3 saturated heterocycles. The Kier molecular flexibility index (Phi) is 2.51. The number of epoxide rings is 2. The maximum absolute atomic E-state index is 12.3. The van der Waals surface area contributed by atoms with Crippen LogP contribution in [0.1, 0.15) is 12.8 Å². The van der Waals surface area contributed by atoms with Crippen LogP contribution in [0.5, 0.6) is 0 Å². The molecule has 0 aliphatic carbocycles. The highest BCUT2D eigenvalue weighted by atomic mass is 32.2. The lowest BCUT2D eigenvalue weighted by molar-refractivity contribution is -0.0470. The van der Waals surface area contributed by atoms with Gasteiger partial charge in [-0.25, -0.2) is 8.42 Å². The van der Waals surface area contributed by atoms with E-state index in [0.29, 0.717) is 26.1 Å². The van der Waals surface area contributed by atoms with Crippen molar-refractivity contribution in [3.63, 3.8) is 0 Å². The highest BCUT2D eigenvalue weighted by molar-refractivity contribution is 7.93. The van der Waals surface area contributed by atoms with E-state index >= 15 is 0 Å². The van der Waals surface area contributed by atoms with Gasteiger partial charge in [-0.15, -0.1) is 13.2 Å². The third-order valence-corrected chi connectivity index (χ3v) is 5.99. The van der Waals surface area contributed by atoms with Gasteiger partial charge in [0.25, 0.3) is 0 Å². The fourth-order valence-corrected chi connectivity index (χ4v) is 4.79. The van der Waals surface area contributed by atoms with Crippen molar-refractivity contribution in [1.29, 1.82) is 0 Å². The van der Waals surface area contributed by atoms with E-state index in [0.717, 1.165) is 0 Å². The van der Waals surface area contributed by atoms with Crippen molar-refractivity contribution in [3.8, 4) is 0 Å². The maximum atomic E-state index is 12.3. The highest BCUT2D eigenvalue weighted by Crippen LogP contribution is 2.52.